The Morgan fingerprint density at radius 3 is 2.68 bits per heavy atom. The van der Waals surface area contributed by atoms with Crippen molar-refractivity contribution in [3.8, 4) is 11.5 Å². The molecule has 31 heavy (non-hydrogen) atoms. The maximum absolute atomic E-state index is 14.0. The van der Waals surface area contributed by atoms with Crippen molar-refractivity contribution >= 4 is 24.0 Å². The van der Waals surface area contributed by atoms with Gasteiger partial charge >= 0.3 is 0 Å². The molecule has 1 fully saturated rings. The molecule has 0 radical (unpaired) electrons. The molecule has 4 heterocycles. The lowest BCUT2D eigenvalue weighted by molar-refractivity contribution is -0.122. The summed E-state index contributed by atoms with van der Waals surface area (Å²) < 4.78 is 11.9. The topological polar surface area (TPSA) is 42.0 Å². The Labute approximate surface area is 189 Å². The summed E-state index contributed by atoms with van der Waals surface area (Å²) in [6.07, 6.45) is 3.21. The molecule has 0 aliphatic carbocycles. The average molecular weight is 441 g/mol. The first-order chi connectivity index (χ1) is 14.7. The van der Waals surface area contributed by atoms with Gasteiger partial charge in [-0.2, -0.15) is 0 Å². The fourth-order valence-corrected chi connectivity index (χ4v) is 5.77. The number of anilines is 1. The van der Waals surface area contributed by atoms with Crippen LogP contribution in [0.25, 0.3) is 0 Å². The Bertz CT molecular complexity index is 1020. The fourth-order valence-electron chi connectivity index (χ4n) is 5.77. The lowest BCUT2D eigenvalue weighted by atomic mass is 9.76. The van der Waals surface area contributed by atoms with E-state index in [4.69, 9.17) is 9.47 Å². The van der Waals surface area contributed by atoms with E-state index in [-0.39, 0.29) is 18.3 Å². The molecule has 1 amide bonds. The number of fused-ring (bicyclic) bond motifs is 5. The zero-order valence-corrected chi connectivity index (χ0v) is 18.7. The first-order valence-corrected chi connectivity index (χ1v) is 11.3. The molecule has 0 bridgehead atoms. The van der Waals surface area contributed by atoms with Crippen LogP contribution in [0.2, 0.25) is 0 Å². The molecule has 1 unspecified atom stereocenters. The monoisotopic (exact) mass is 440 g/mol. The molecule has 6 rings (SSSR count). The van der Waals surface area contributed by atoms with Crippen molar-refractivity contribution in [2.75, 3.05) is 44.3 Å². The van der Waals surface area contributed by atoms with Crippen LogP contribution >= 0.6 is 12.4 Å². The number of benzene rings is 2. The van der Waals surface area contributed by atoms with Crippen LogP contribution in [-0.2, 0) is 16.6 Å². The summed E-state index contributed by atoms with van der Waals surface area (Å²) in [7, 11) is 0. The number of carbonyl (C=O) groups excluding carboxylic acids is 1. The summed E-state index contributed by atoms with van der Waals surface area (Å²) in [5.74, 6) is 2.44. The summed E-state index contributed by atoms with van der Waals surface area (Å²) >= 11 is 0. The minimum Gasteiger partial charge on any atom is -0.493 e. The third kappa shape index (κ3) is 2.97. The van der Waals surface area contributed by atoms with Gasteiger partial charge in [0.15, 0.2) is 0 Å². The second kappa shape index (κ2) is 7.72. The van der Waals surface area contributed by atoms with Crippen molar-refractivity contribution in [2.24, 2.45) is 5.92 Å². The molecular weight excluding hydrogens is 412 g/mol. The summed E-state index contributed by atoms with van der Waals surface area (Å²) in [5.41, 5.74) is 3.65. The molecule has 4 aliphatic heterocycles. The zero-order valence-electron chi connectivity index (χ0n) is 17.9. The minimum atomic E-state index is -0.715. The van der Waals surface area contributed by atoms with Gasteiger partial charge in [0.05, 0.1) is 6.61 Å². The second-order valence-corrected chi connectivity index (χ2v) is 9.06. The second-order valence-electron chi connectivity index (χ2n) is 9.06. The van der Waals surface area contributed by atoms with Crippen LogP contribution < -0.4 is 14.4 Å². The predicted octanol–water partition coefficient (Wildman–Crippen LogP) is 3.80. The van der Waals surface area contributed by atoms with Gasteiger partial charge in [0.2, 0.25) is 5.91 Å². The molecule has 0 aromatic heterocycles. The summed E-state index contributed by atoms with van der Waals surface area (Å²) in [6, 6.07) is 12.5. The van der Waals surface area contributed by atoms with Crippen LogP contribution in [0, 0.1) is 5.92 Å². The Kier molecular flexibility index (Phi) is 5.14. The van der Waals surface area contributed by atoms with E-state index in [9.17, 15) is 4.79 Å². The van der Waals surface area contributed by atoms with Gasteiger partial charge < -0.3 is 19.3 Å². The number of hydrogen-bond acceptors (Lipinski definition) is 4. The number of likely N-dealkylation sites (tertiary alicyclic amines) is 1. The van der Waals surface area contributed by atoms with E-state index in [0.29, 0.717) is 19.1 Å². The van der Waals surface area contributed by atoms with Crippen LogP contribution in [0.3, 0.4) is 0 Å². The van der Waals surface area contributed by atoms with E-state index in [1.165, 1.54) is 5.56 Å². The van der Waals surface area contributed by atoms with E-state index >= 15 is 0 Å². The Hall–Kier alpha value is -2.24. The number of nitrogens with zero attached hydrogens (tertiary/aromatic N) is 2. The molecule has 164 valence electrons. The van der Waals surface area contributed by atoms with Gasteiger partial charge in [-0.25, -0.2) is 0 Å². The van der Waals surface area contributed by atoms with Crippen molar-refractivity contribution < 1.29 is 14.3 Å². The lowest BCUT2D eigenvalue weighted by Gasteiger charge is -2.33. The van der Waals surface area contributed by atoms with E-state index < -0.39 is 5.41 Å². The quantitative estimate of drug-likeness (QED) is 0.728. The van der Waals surface area contributed by atoms with Gasteiger partial charge in [0.25, 0.3) is 0 Å². The van der Waals surface area contributed by atoms with Crippen molar-refractivity contribution in [2.45, 2.75) is 31.6 Å². The third-order valence-corrected chi connectivity index (χ3v) is 7.56. The zero-order chi connectivity index (χ0) is 20.3. The highest BCUT2D eigenvalue weighted by molar-refractivity contribution is 6.11. The summed E-state index contributed by atoms with van der Waals surface area (Å²) in [6.45, 7) is 7.50. The van der Waals surface area contributed by atoms with Gasteiger partial charge in [-0.05, 0) is 61.7 Å². The highest BCUT2D eigenvalue weighted by Gasteiger charge is 2.57. The molecule has 1 atom stereocenters. The average Bonchev–Trinajstić information content (AvgIpc) is 3.46. The molecule has 4 aliphatic rings. The third-order valence-electron chi connectivity index (χ3n) is 7.56. The van der Waals surface area contributed by atoms with Crippen LogP contribution in [-0.4, -0.2) is 50.2 Å². The lowest BCUT2D eigenvalue weighted by Crippen LogP contribution is -2.45. The molecule has 2 aromatic rings. The van der Waals surface area contributed by atoms with Crippen molar-refractivity contribution in [1.82, 2.24) is 4.90 Å². The number of para-hydroxylation sites is 1. The SMILES string of the molecule is CCN1CCC(CN2C(=O)C3(COc4cc5c(cc43)CCO5)c3ccccc32)CC1.Cl. The minimum absolute atomic E-state index is 0. The van der Waals surface area contributed by atoms with Crippen molar-refractivity contribution in [3.63, 3.8) is 0 Å². The molecule has 1 saturated heterocycles. The predicted molar refractivity (Wildman–Crippen MR) is 123 cm³/mol. The first-order valence-electron chi connectivity index (χ1n) is 11.3. The maximum Gasteiger partial charge on any atom is 0.245 e. The van der Waals surface area contributed by atoms with Crippen LogP contribution in [0.4, 0.5) is 5.69 Å². The van der Waals surface area contributed by atoms with Crippen molar-refractivity contribution in [3.05, 3.63) is 53.1 Å². The number of piperidine rings is 1. The normalized spacial score (nSPS) is 24.4. The molecule has 6 heteroatoms. The van der Waals surface area contributed by atoms with Crippen LogP contribution in [0.1, 0.15) is 36.5 Å². The largest absolute Gasteiger partial charge is 0.493 e. The van der Waals surface area contributed by atoms with Gasteiger partial charge in [0.1, 0.15) is 23.5 Å². The van der Waals surface area contributed by atoms with Crippen molar-refractivity contribution in [1.29, 1.82) is 0 Å². The number of hydrogen-bond donors (Lipinski definition) is 0. The molecule has 0 N–H and O–H groups in total. The number of halogens is 1. The van der Waals surface area contributed by atoms with Gasteiger partial charge in [0, 0.05) is 30.3 Å². The number of carbonyl (C=O) groups is 1. The molecule has 2 aromatic carbocycles. The summed E-state index contributed by atoms with van der Waals surface area (Å²) in [5, 5.41) is 0. The summed E-state index contributed by atoms with van der Waals surface area (Å²) in [4.78, 5) is 18.6. The molecule has 0 saturated carbocycles. The Morgan fingerprint density at radius 1 is 1.06 bits per heavy atom. The number of ether oxygens (including phenoxy) is 2. The van der Waals surface area contributed by atoms with E-state index in [2.05, 4.69) is 34.9 Å². The van der Waals surface area contributed by atoms with E-state index in [1.807, 2.05) is 18.2 Å². The van der Waals surface area contributed by atoms with Crippen LogP contribution in [0.15, 0.2) is 36.4 Å². The Balaban J connectivity index is 0.00000204. The van der Waals surface area contributed by atoms with Crippen LogP contribution in [0.5, 0.6) is 11.5 Å². The molecule has 5 nitrogen and oxygen atoms in total. The molecule has 1 spiro atoms. The standard InChI is InChI=1S/C25H28N2O3.ClH/c1-2-26-10-7-17(8-11-26)15-27-21-6-4-3-5-19(21)25(24(27)28)16-30-23-14-22-18(9-12-29-22)13-20(23)25;/h3-6,13-14,17H,2,7-12,15-16H2,1H3;1H. The number of amides is 1. The fraction of sp³-hybridized carbons (Fsp3) is 0.480. The van der Waals surface area contributed by atoms with Gasteiger partial charge in [-0.3, -0.25) is 4.79 Å². The maximum atomic E-state index is 14.0. The highest BCUT2D eigenvalue weighted by Crippen LogP contribution is 2.54. The molecular formula is C25H29ClN2O3. The van der Waals surface area contributed by atoms with E-state index in [0.717, 1.165) is 73.8 Å². The number of rotatable bonds is 3. The van der Waals surface area contributed by atoms with Gasteiger partial charge in [-0.15, -0.1) is 12.4 Å². The highest BCUT2D eigenvalue weighted by atomic mass is 35.5. The van der Waals surface area contributed by atoms with Gasteiger partial charge in [-0.1, -0.05) is 25.1 Å². The van der Waals surface area contributed by atoms with E-state index in [1.54, 1.807) is 0 Å². The first kappa shape index (κ1) is 20.7. The Morgan fingerprint density at radius 2 is 1.87 bits per heavy atom. The smallest absolute Gasteiger partial charge is 0.245 e.